The van der Waals surface area contributed by atoms with E-state index < -0.39 is 17.6 Å². The van der Waals surface area contributed by atoms with Crippen molar-refractivity contribution < 1.29 is 18.0 Å². The van der Waals surface area contributed by atoms with Gasteiger partial charge in [-0.15, -0.1) is 0 Å². The smallest absolute Gasteiger partial charge is 0.351 e. The first-order chi connectivity index (χ1) is 8.65. The zero-order valence-corrected chi connectivity index (χ0v) is 12.2. The molecule has 0 atom stereocenters. The number of carbonyl (C=O) groups excluding carboxylic acids is 1. The summed E-state index contributed by atoms with van der Waals surface area (Å²) in [5, 5.41) is 3.32. The average molecular weight is 338 g/mol. The van der Waals surface area contributed by atoms with E-state index in [9.17, 15) is 18.0 Å². The highest BCUT2D eigenvalue weighted by atomic mass is 79.9. The lowest BCUT2D eigenvalue weighted by Crippen LogP contribution is -2.35. The monoisotopic (exact) mass is 337 g/mol. The second-order valence-corrected chi connectivity index (χ2v) is 5.62. The Hall–Kier alpha value is -1.04. The highest BCUT2D eigenvalue weighted by molar-refractivity contribution is 9.09. The van der Waals surface area contributed by atoms with Gasteiger partial charge < -0.3 is 5.32 Å². The third-order valence-electron chi connectivity index (χ3n) is 2.54. The minimum Gasteiger partial charge on any atom is -0.351 e. The summed E-state index contributed by atoms with van der Waals surface area (Å²) in [6.07, 6.45) is -4.44. The van der Waals surface area contributed by atoms with Crippen molar-refractivity contribution in [2.75, 3.05) is 11.9 Å². The standard InChI is InChI=1S/C13H15BrF3NO/c1-12(2,7-14)8-18-11(19)9-4-3-5-10(6-9)13(15,16)17/h3-6H,7-8H2,1-2H3,(H,18,19). The highest BCUT2D eigenvalue weighted by Gasteiger charge is 2.31. The molecule has 0 aromatic heterocycles. The summed E-state index contributed by atoms with van der Waals surface area (Å²) >= 11 is 3.31. The minimum atomic E-state index is -4.44. The van der Waals surface area contributed by atoms with E-state index in [1.54, 1.807) is 0 Å². The number of hydrogen-bond acceptors (Lipinski definition) is 1. The van der Waals surface area contributed by atoms with Crippen molar-refractivity contribution in [1.29, 1.82) is 0 Å². The number of nitrogens with one attached hydrogen (secondary N) is 1. The second-order valence-electron chi connectivity index (χ2n) is 5.06. The molecule has 1 N–H and O–H groups in total. The third-order valence-corrected chi connectivity index (χ3v) is 4.06. The van der Waals surface area contributed by atoms with Crippen LogP contribution in [-0.2, 0) is 6.18 Å². The fraction of sp³-hybridized carbons (Fsp3) is 0.462. The van der Waals surface area contributed by atoms with Crippen LogP contribution in [0.2, 0.25) is 0 Å². The van der Waals surface area contributed by atoms with Crippen LogP contribution < -0.4 is 5.32 Å². The predicted molar refractivity (Wildman–Crippen MR) is 71.4 cm³/mol. The van der Waals surface area contributed by atoms with E-state index in [1.807, 2.05) is 13.8 Å². The van der Waals surface area contributed by atoms with Crippen LogP contribution in [0.15, 0.2) is 24.3 Å². The molecule has 1 aromatic carbocycles. The molecule has 2 nitrogen and oxygen atoms in total. The maximum absolute atomic E-state index is 12.5. The van der Waals surface area contributed by atoms with Crippen LogP contribution in [0.5, 0.6) is 0 Å². The summed E-state index contributed by atoms with van der Waals surface area (Å²) in [5.41, 5.74) is -0.961. The molecule has 1 aromatic rings. The molecule has 0 fully saturated rings. The van der Waals surface area contributed by atoms with Gasteiger partial charge in [-0.3, -0.25) is 4.79 Å². The van der Waals surface area contributed by atoms with Crippen LogP contribution in [-0.4, -0.2) is 17.8 Å². The van der Waals surface area contributed by atoms with Gasteiger partial charge in [0.05, 0.1) is 5.56 Å². The number of hydrogen-bond donors (Lipinski definition) is 1. The van der Waals surface area contributed by atoms with Crippen molar-refractivity contribution in [1.82, 2.24) is 5.32 Å². The van der Waals surface area contributed by atoms with Crippen LogP contribution in [0.4, 0.5) is 13.2 Å². The normalized spacial score (nSPS) is 12.3. The Bertz CT molecular complexity index is 457. The van der Waals surface area contributed by atoms with Crippen LogP contribution in [0.25, 0.3) is 0 Å². The number of rotatable bonds is 4. The first-order valence-electron chi connectivity index (χ1n) is 5.67. The Kier molecular flexibility index (Phi) is 5.01. The molecule has 0 aliphatic rings. The van der Waals surface area contributed by atoms with Gasteiger partial charge in [0.25, 0.3) is 5.91 Å². The van der Waals surface area contributed by atoms with Gasteiger partial charge in [-0.25, -0.2) is 0 Å². The average Bonchev–Trinajstić information content (AvgIpc) is 2.35. The fourth-order valence-electron chi connectivity index (χ4n) is 1.31. The first kappa shape index (κ1) is 16.0. The molecular weight excluding hydrogens is 323 g/mol. The molecule has 6 heteroatoms. The molecule has 0 spiro atoms. The molecule has 0 saturated carbocycles. The fourth-order valence-corrected chi connectivity index (χ4v) is 1.50. The largest absolute Gasteiger partial charge is 0.416 e. The number of amides is 1. The maximum atomic E-state index is 12.5. The molecule has 0 unspecified atom stereocenters. The molecule has 0 radical (unpaired) electrons. The van der Waals surface area contributed by atoms with Crippen molar-refractivity contribution in [2.45, 2.75) is 20.0 Å². The van der Waals surface area contributed by atoms with Crippen LogP contribution >= 0.6 is 15.9 Å². The lowest BCUT2D eigenvalue weighted by molar-refractivity contribution is -0.137. The topological polar surface area (TPSA) is 29.1 Å². The number of carbonyl (C=O) groups is 1. The van der Waals surface area contributed by atoms with Crippen LogP contribution in [0.3, 0.4) is 0 Å². The highest BCUT2D eigenvalue weighted by Crippen LogP contribution is 2.29. The molecule has 19 heavy (non-hydrogen) atoms. The summed E-state index contributed by atoms with van der Waals surface area (Å²) < 4.78 is 37.6. The van der Waals surface area contributed by atoms with Gasteiger partial charge in [-0.05, 0) is 23.6 Å². The molecular formula is C13H15BrF3NO. The van der Waals surface area contributed by atoms with Crippen LogP contribution in [0, 0.1) is 5.41 Å². The zero-order chi connectivity index (χ0) is 14.7. The van der Waals surface area contributed by atoms with E-state index in [0.717, 1.165) is 12.1 Å². The lowest BCUT2D eigenvalue weighted by atomic mass is 9.96. The Morgan fingerprint density at radius 2 is 1.95 bits per heavy atom. The second kappa shape index (κ2) is 5.94. The summed E-state index contributed by atoms with van der Waals surface area (Å²) in [6.45, 7) is 4.26. The van der Waals surface area contributed by atoms with Crippen molar-refractivity contribution >= 4 is 21.8 Å². The first-order valence-corrected chi connectivity index (χ1v) is 6.79. The molecule has 0 bridgehead atoms. The van der Waals surface area contributed by atoms with Gasteiger partial charge in [-0.1, -0.05) is 35.8 Å². The van der Waals surface area contributed by atoms with Crippen LogP contribution in [0.1, 0.15) is 29.8 Å². The Balaban J connectivity index is 2.78. The van der Waals surface area contributed by atoms with E-state index in [1.165, 1.54) is 12.1 Å². The summed E-state index contributed by atoms with van der Waals surface area (Å²) in [6, 6.07) is 4.40. The van der Waals surface area contributed by atoms with Gasteiger partial charge in [0.15, 0.2) is 0 Å². The quantitative estimate of drug-likeness (QED) is 0.830. The molecule has 106 valence electrons. The summed E-state index contributed by atoms with van der Waals surface area (Å²) in [4.78, 5) is 11.8. The summed E-state index contributed by atoms with van der Waals surface area (Å²) in [5.74, 6) is -0.500. The van der Waals surface area contributed by atoms with E-state index >= 15 is 0 Å². The van der Waals surface area contributed by atoms with Crippen molar-refractivity contribution in [3.8, 4) is 0 Å². The van der Waals surface area contributed by atoms with Gasteiger partial charge in [0, 0.05) is 17.4 Å². The predicted octanol–water partition coefficient (Wildman–Crippen LogP) is 3.86. The summed E-state index contributed by atoms with van der Waals surface area (Å²) in [7, 11) is 0. The Morgan fingerprint density at radius 3 is 2.47 bits per heavy atom. The Morgan fingerprint density at radius 1 is 1.32 bits per heavy atom. The number of benzene rings is 1. The molecule has 1 rings (SSSR count). The SMILES string of the molecule is CC(C)(CBr)CNC(=O)c1cccc(C(F)(F)F)c1. The van der Waals surface area contributed by atoms with Crippen molar-refractivity contribution in [3.63, 3.8) is 0 Å². The molecule has 0 aliphatic carbocycles. The Labute approximate surface area is 118 Å². The van der Waals surface area contributed by atoms with E-state index in [-0.39, 0.29) is 11.0 Å². The minimum absolute atomic E-state index is 0.0141. The van der Waals surface area contributed by atoms with Crippen molar-refractivity contribution in [2.24, 2.45) is 5.41 Å². The number of alkyl halides is 4. The van der Waals surface area contributed by atoms with Crippen molar-refractivity contribution in [3.05, 3.63) is 35.4 Å². The zero-order valence-electron chi connectivity index (χ0n) is 10.6. The molecule has 0 saturated heterocycles. The molecule has 0 aliphatic heterocycles. The van der Waals surface area contributed by atoms with E-state index in [2.05, 4.69) is 21.2 Å². The maximum Gasteiger partial charge on any atom is 0.416 e. The molecule has 0 heterocycles. The van der Waals surface area contributed by atoms with E-state index in [4.69, 9.17) is 0 Å². The number of halogens is 4. The molecule has 1 amide bonds. The van der Waals surface area contributed by atoms with Gasteiger partial charge in [0.2, 0.25) is 0 Å². The third kappa shape index (κ3) is 4.86. The van der Waals surface area contributed by atoms with Gasteiger partial charge >= 0.3 is 6.18 Å². The van der Waals surface area contributed by atoms with E-state index in [0.29, 0.717) is 11.9 Å². The van der Waals surface area contributed by atoms with Gasteiger partial charge in [0.1, 0.15) is 0 Å². The lowest BCUT2D eigenvalue weighted by Gasteiger charge is -2.22. The van der Waals surface area contributed by atoms with Gasteiger partial charge in [-0.2, -0.15) is 13.2 Å².